The quantitative estimate of drug-likeness (QED) is 0.536. The van der Waals surface area contributed by atoms with Gasteiger partial charge in [0.2, 0.25) is 0 Å². The summed E-state index contributed by atoms with van der Waals surface area (Å²) >= 11 is 1.92. The molecule has 0 aliphatic heterocycles. The number of carbonyl (C=O) groups excluding carboxylic acids is 1. The Hall–Kier alpha value is -0.220. The Bertz CT molecular complexity index is 215. The molecule has 0 heterocycles. The van der Waals surface area contributed by atoms with Crippen LogP contribution in [0.1, 0.15) is 32.6 Å². The van der Waals surface area contributed by atoms with E-state index < -0.39 is 0 Å². The smallest absolute Gasteiger partial charge is 0.306 e. The molecule has 1 rings (SSSR count). The Labute approximate surface area is 96.1 Å². The van der Waals surface area contributed by atoms with E-state index in [1.165, 1.54) is 20.0 Å². The van der Waals surface area contributed by atoms with Crippen LogP contribution in [-0.2, 0) is 9.53 Å². The summed E-state index contributed by atoms with van der Waals surface area (Å²) in [6, 6.07) is 0.285. The third-order valence-electron chi connectivity index (χ3n) is 2.83. The van der Waals surface area contributed by atoms with Gasteiger partial charge in [-0.15, -0.1) is 0 Å². The van der Waals surface area contributed by atoms with Gasteiger partial charge in [0.05, 0.1) is 13.5 Å². The summed E-state index contributed by atoms with van der Waals surface area (Å²) < 4.78 is 4.70. The van der Waals surface area contributed by atoms with Crippen molar-refractivity contribution in [3.8, 4) is 0 Å². The van der Waals surface area contributed by atoms with Crippen LogP contribution in [0.5, 0.6) is 0 Å². The molecule has 0 radical (unpaired) electrons. The maximum absolute atomic E-state index is 11.2. The van der Waals surface area contributed by atoms with Crippen molar-refractivity contribution in [3.63, 3.8) is 0 Å². The van der Waals surface area contributed by atoms with Crippen molar-refractivity contribution >= 4 is 17.7 Å². The molecular weight excluding hydrogens is 210 g/mol. The highest BCUT2D eigenvalue weighted by Crippen LogP contribution is 2.51. The normalized spacial score (nSPS) is 19.7. The maximum atomic E-state index is 11.2. The number of rotatable bonds is 7. The minimum Gasteiger partial charge on any atom is -0.469 e. The Morgan fingerprint density at radius 1 is 1.60 bits per heavy atom. The van der Waals surface area contributed by atoms with Gasteiger partial charge >= 0.3 is 5.97 Å². The Kier molecular flexibility index (Phi) is 4.93. The van der Waals surface area contributed by atoms with Crippen LogP contribution in [0.15, 0.2) is 0 Å². The monoisotopic (exact) mass is 231 g/mol. The average molecular weight is 231 g/mol. The van der Waals surface area contributed by atoms with E-state index in [1.54, 1.807) is 0 Å². The van der Waals surface area contributed by atoms with Crippen molar-refractivity contribution in [2.45, 2.75) is 38.6 Å². The van der Waals surface area contributed by atoms with Gasteiger partial charge in [-0.25, -0.2) is 0 Å². The molecule has 1 atom stereocenters. The average Bonchev–Trinajstić information content (AvgIpc) is 2.93. The van der Waals surface area contributed by atoms with Crippen molar-refractivity contribution in [1.82, 2.24) is 0 Å². The maximum Gasteiger partial charge on any atom is 0.306 e. The van der Waals surface area contributed by atoms with Crippen molar-refractivity contribution < 1.29 is 9.53 Å². The second kappa shape index (κ2) is 5.75. The molecule has 4 heteroatoms. The largest absolute Gasteiger partial charge is 0.469 e. The molecule has 0 aromatic rings. The zero-order chi connectivity index (χ0) is 11.3. The second-order valence-electron chi connectivity index (χ2n) is 4.57. The number of hydrogen-bond donors (Lipinski definition) is 1. The summed E-state index contributed by atoms with van der Waals surface area (Å²) in [7, 11) is 1.46. The van der Waals surface area contributed by atoms with E-state index in [0.717, 1.165) is 17.9 Å². The number of hydrogen-bond acceptors (Lipinski definition) is 4. The molecule has 0 aromatic carbocycles. The van der Waals surface area contributed by atoms with E-state index in [1.807, 2.05) is 18.7 Å². The molecule has 3 nitrogen and oxygen atoms in total. The summed E-state index contributed by atoms with van der Waals surface area (Å²) in [6.07, 6.45) is 3.99. The van der Waals surface area contributed by atoms with Gasteiger partial charge < -0.3 is 10.5 Å². The van der Waals surface area contributed by atoms with Crippen molar-refractivity contribution in [3.05, 3.63) is 0 Å². The highest BCUT2D eigenvalue weighted by atomic mass is 32.2. The molecule has 0 bridgehead atoms. The number of nitrogens with two attached hydrogens (primary N) is 1. The summed E-state index contributed by atoms with van der Waals surface area (Å²) in [5.74, 6) is 2.11. The minimum absolute atomic E-state index is 0.0692. The number of ether oxygens (including phenoxy) is 1. The summed E-state index contributed by atoms with van der Waals surface area (Å²) in [4.78, 5) is 11.2. The van der Waals surface area contributed by atoms with Gasteiger partial charge in [-0.2, -0.15) is 11.8 Å². The molecule has 1 saturated carbocycles. The van der Waals surface area contributed by atoms with Gasteiger partial charge in [0.25, 0.3) is 0 Å². The third-order valence-corrected chi connectivity index (χ3v) is 4.17. The van der Waals surface area contributed by atoms with Crippen molar-refractivity contribution in [2.75, 3.05) is 18.6 Å². The van der Waals surface area contributed by atoms with Crippen molar-refractivity contribution in [2.24, 2.45) is 11.1 Å². The molecule has 15 heavy (non-hydrogen) atoms. The van der Waals surface area contributed by atoms with Crippen LogP contribution < -0.4 is 5.73 Å². The van der Waals surface area contributed by atoms with E-state index in [0.29, 0.717) is 6.42 Å². The van der Waals surface area contributed by atoms with Gasteiger partial charge in [0, 0.05) is 6.04 Å². The minimum atomic E-state index is -0.0692. The number of methoxy groups -OCH3 is 1. The van der Waals surface area contributed by atoms with Crippen LogP contribution in [0, 0.1) is 5.41 Å². The summed E-state index contributed by atoms with van der Waals surface area (Å²) in [5, 5.41) is 0. The first kappa shape index (κ1) is 12.8. The molecule has 1 aliphatic rings. The van der Waals surface area contributed by atoms with Gasteiger partial charge in [-0.1, -0.05) is 0 Å². The Morgan fingerprint density at radius 3 is 2.73 bits per heavy atom. The van der Waals surface area contributed by atoms with E-state index in [4.69, 9.17) is 10.5 Å². The van der Waals surface area contributed by atoms with Gasteiger partial charge in [-0.05, 0) is 43.1 Å². The molecule has 0 amide bonds. The first-order valence-electron chi connectivity index (χ1n) is 5.48. The van der Waals surface area contributed by atoms with Gasteiger partial charge in [-0.3, -0.25) is 4.79 Å². The standard InChI is InChI=1S/C11H21NO2S/c1-9(12)3-6-15-8-11(4-5-11)7-10(13)14-2/h9H,3-8,12H2,1-2H3. The van der Waals surface area contributed by atoms with Gasteiger partial charge in [0.1, 0.15) is 0 Å². The first-order valence-corrected chi connectivity index (χ1v) is 6.64. The lowest BCUT2D eigenvalue weighted by Crippen LogP contribution is -2.17. The zero-order valence-corrected chi connectivity index (χ0v) is 10.4. The van der Waals surface area contributed by atoms with Crippen LogP contribution in [0.2, 0.25) is 0 Å². The molecule has 1 fully saturated rings. The topological polar surface area (TPSA) is 52.3 Å². The zero-order valence-electron chi connectivity index (χ0n) is 9.62. The fourth-order valence-corrected chi connectivity index (χ4v) is 2.99. The van der Waals surface area contributed by atoms with E-state index >= 15 is 0 Å². The fraction of sp³-hybridized carbons (Fsp3) is 0.909. The lowest BCUT2D eigenvalue weighted by atomic mass is 10.1. The highest BCUT2D eigenvalue weighted by Gasteiger charge is 2.44. The summed E-state index contributed by atoms with van der Waals surface area (Å²) in [6.45, 7) is 2.03. The predicted molar refractivity (Wildman–Crippen MR) is 63.9 cm³/mol. The molecular formula is C11H21NO2S. The number of carbonyl (C=O) groups is 1. The SMILES string of the molecule is COC(=O)CC1(CSCCC(C)N)CC1. The molecule has 1 unspecified atom stereocenters. The van der Waals surface area contributed by atoms with E-state index in [9.17, 15) is 4.79 Å². The predicted octanol–water partition coefficient (Wildman–Crippen LogP) is 1.80. The number of thioether (sulfide) groups is 1. The van der Waals surface area contributed by atoms with Crippen molar-refractivity contribution in [1.29, 1.82) is 0 Å². The Morgan fingerprint density at radius 2 is 2.27 bits per heavy atom. The molecule has 1 aliphatic carbocycles. The van der Waals surface area contributed by atoms with E-state index in [-0.39, 0.29) is 17.4 Å². The van der Waals surface area contributed by atoms with Crippen LogP contribution in [0.4, 0.5) is 0 Å². The van der Waals surface area contributed by atoms with Crippen LogP contribution in [-0.4, -0.2) is 30.6 Å². The first-order chi connectivity index (χ1) is 7.08. The van der Waals surface area contributed by atoms with Crippen LogP contribution >= 0.6 is 11.8 Å². The lowest BCUT2D eigenvalue weighted by Gasteiger charge is -2.13. The fourth-order valence-electron chi connectivity index (χ4n) is 1.49. The molecule has 0 saturated heterocycles. The molecule has 88 valence electrons. The third kappa shape index (κ3) is 4.89. The second-order valence-corrected chi connectivity index (χ2v) is 5.68. The van der Waals surface area contributed by atoms with Crippen LogP contribution in [0.3, 0.4) is 0 Å². The molecule has 2 N–H and O–H groups in total. The lowest BCUT2D eigenvalue weighted by molar-refractivity contribution is -0.141. The van der Waals surface area contributed by atoms with E-state index in [2.05, 4.69) is 0 Å². The molecule has 0 aromatic heterocycles. The highest BCUT2D eigenvalue weighted by molar-refractivity contribution is 7.99. The van der Waals surface area contributed by atoms with Gasteiger partial charge in [0.15, 0.2) is 0 Å². The Balaban J connectivity index is 2.12. The molecule has 0 spiro atoms. The number of esters is 1. The van der Waals surface area contributed by atoms with Crippen LogP contribution in [0.25, 0.3) is 0 Å². The summed E-state index contributed by atoms with van der Waals surface area (Å²) in [5.41, 5.74) is 5.93.